The minimum absolute atomic E-state index is 0.0643. The molecule has 1 amide bonds. The maximum Gasteiger partial charge on any atom is 0.248 e. The van der Waals surface area contributed by atoms with Crippen LogP contribution in [0.2, 0.25) is 0 Å². The number of nitrogens with zero attached hydrogens (tertiary/aromatic N) is 1. The maximum absolute atomic E-state index is 11.3. The van der Waals surface area contributed by atoms with E-state index in [4.69, 9.17) is 4.74 Å². The summed E-state index contributed by atoms with van der Waals surface area (Å²) in [7, 11) is 1.79. The third-order valence-corrected chi connectivity index (χ3v) is 2.36. The fourth-order valence-corrected chi connectivity index (χ4v) is 1.25. The molecule has 4 heteroatoms. The van der Waals surface area contributed by atoms with Gasteiger partial charge in [-0.2, -0.15) is 0 Å². The van der Waals surface area contributed by atoms with E-state index in [2.05, 4.69) is 5.32 Å². The quantitative estimate of drug-likeness (QED) is 0.663. The highest BCUT2D eigenvalue weighted by molar-refractivity contribution is 5.77. The molecule has 1 heterocycles. The predicted octanol–water partition coefficient (Wildman–Crippen LogP) is -0.157. The van der Waals surface area contributed by atoms with Crippen molar-refractivity contribution in [3.05, 3.63) is 0 Å². The summed E-state index contributed by atoms with van der Waals surface area (Å²) in [6.07, 6.45) is 1.25. The number of likely N-dealkylation sites (N-methyl/N-ethyl adjacent to an activating group) is 1. The summed E-state index contributed by atoms with van der Waals surface area (Å²) in [4.78, 5) is 13.0. The highest BCUT2D eigenvalue weighted by Gasteiger charge is 2.16. The Kier molecular flexibility index (Phi) is 4.18. The topological polar surface area (TPSA) is 41.6 Å². The van der Waals surface area contributed by atoms with Crippen molar-refractivity contribution in [1.29, 1.82) is 0 Å². The second-order valence-electron chi connectivity index (χ2n) is 3.33. The molecular weight excluding hydrogens is 168 g/mol. The summed E-state index contributed by atoms with van der Waals surface area (Å²) in [5.41, 5.74) is 0. The van der Waals surface area contributed by atoms with Gasteiger partial charge in [0.15, 0.2) is 0 Å². The van der Waals surface area contributed by atoms with Gasteiger partial charge in [0.2, 0.25) is 5.91 Å². The van der Waals surface area contributed by atoms with Gasteiger partial charge in [-0.1, -0.05) is 0 Å². The zero-order valence-electron chi connectivity index (χ0n) is 8.38. The molecule has 0 aliphatic carbocycles. The fourth-order valence-electron chi connectivity index (χ4n) is 1.25. The molecule has 1 unspecified atom stereocenters. The fraction of sp³-hybridized carbons (Fsp3) is 0.889. The molecular formula is C9H18N2O2. The van der Waals surface area contributed by atoms with Gasteiger partial charge in [-0.05, 0) is 19.9 Å². The molecule has 1 fully saturated rings. The average Bonchev–Trinajstić information content (AvgIpc) is 2.65. The van der Waals surface area contributed by atoms with E-state index in [1.165, 1.54) is 0 Å². The Labute approximate surface area is 79.2 Å². The van der Waals surface area contributed by atoms with Gasteiger partial charge < -0.3 is 15.0 Å². The summed E-state index contributed by atoms with van der Waals surface area (Å²) in [5, 5.41) is 3.19. The molecule has 1 rings (SSSR count). The van der Waals surface area contributed by atoms with E-state index in [-0.39, 0.29) is 18.6 Å². The standard InChI is InChI=1S/C9H18N2O2/c1-3-11(2)9(12)7-13-8-4-5-10-6-8/h8,10H,3-7H2,1-2H3. The molecule has 1 aliphatic rings. The summed E-state index contributed by atoms with van der Waals surface area (Å²) in [6.45, 7) is 4.79. The number of hydrogen-bond acceptors (Lipinski definition) is 3. The molecule has 13 heavy (non-hydrogen) atoms. The van der Waals surface area contributed by atoms with E-state index < -0.39 is 0 Å². The Hall–Kier alpha value is -0.610. The normalized spacial score (nSPS) is 21.8. The second-order valence-corrected chi connectivity index (χ2v) is 3.33. The van der Waals surface area contributed by atoms with Crippen LogP contribution in [0.15, 0.2) is 0 Å². The van der Waals surface area contributed by atoms with E-state index in [0.717, 1.165) is 26.1 Å². The first-order valence-electron chi connectivity index (χ1n) is 4.80. The number of carbonyl (C=O) groups is 1. The minimum atomic E-state index is 0.0643. The first-order valence-corrected chi connectivity index (χ1v) is 4.80. The van der Waals surface area contributed by atoms with Crippen molar-refractivity contribution in [2.75, 3.05) is 33.3 Å². The molecule has 1 aliphatic heterocycles. The summed E-state index contributed by atoms with van der Waals surface area (Å²) >= 11 is 0. The van der Waals surface area contributed by atoms with Gasteiger partial charge in [0.25, 0.3) is 0 Å². The molecule has 1 saturated heterocycles. The molecule has 0 bridgehead atoms. The SMILES string of the molecule is CCN(C)C(=O)COC1CCNC1. The van der Waals surface area contributed by atoms with Crippen molar-refractivity contribution in [3.8, 4) is 0 Å². The molecule has 0 spiro atoms. The highest BCUT2D eigenvalue weighted by Crippen LogP contribution is 2.02. The van der Waals surface area contributed by atoms with E-state index in [1.54, 1.807) is 11.9 Å². The largest absolute Gasteiger partial charge is 0.367 e. The van der Waals surface area contributed by atoms with Gasteiger partial charge in [-0.25, -0.2) is 0 Å². The third-order valence-electron chi connectivity index (χ3n) is 2.36. The van der Waals surface area contributed by atoms with Gasteiger partial charge in [-0.3, -0.25) is 4.79 Å². The van der Waals surface area contributed by atoms with Gasteiger partial charge in [-0.15, -0.1) is 0 Å². The highest BCUT2D eigenvalue weighted by atomic mass is 16.5. The molecule has 0 radical (unpaired) electrons. The van der Waals surface area contributed by atoms with E-state index >= 15 is 0 Å². The molecule has 0 aromatic heterocycles. The number of carbonyl (C=O) groups excluding carboxylic acids is 1. The van der Waals surface area contributed by atoms with Crippen molar-refractivity contribution in [2.24, 2.45) is 0 Å². The maximum atomic E-state index is 11.3. The monoisotopic (exact) mass is 186 g/mol. The Morgan fingerprint density at radius 3 is 3.00 bits per heavy atom. The first kappa shape index (κ1) is 10.5. The number of rotatable bonds is 4. The third kappa shape index (κ3) is 3.32. The lowest BCUT2D eigenvalue weighted by atomic mass is 10.3. The summed E-state index contributed by atoms with van der Waals surface area (Å²) in [6, 6.07) is 0. The lowest BCUT2D eigenvalue weighted by molar-refractivity contribution is -0.136. The van der Waals surface area contributed by atoms with E-state index in [0.29, 0.717) is 0 Å². The van der Waals surface area contributed by atoms with Crippen LogP contribution in [-0.2, 0) is 9.53 Å². The summed E-state index contributed by atoms with van der Waals surface area (Å²) < 4.78 is 5.43. The average molecular weight is 186 g/mol. The van der Waals surface area contributed by atoms with Crippen molar-refractivity contribution in [3.63, 3.8) is 0 Å². The van der Waals surface area contributed by atoms with Crippen LogP contribution in [0.3, 0.4) is 0 Å². The Morgan fingerprint density at radius 1 is 1.69 bits per heavy atom. The number of ether oxygens (including phenoxy) is 1. The number of amides is 1. The van der Waals surface area contributed by atoms with Crippen LogP contribution in [-0.4, -0.2) is 50.2 Å². The zero-order chi connectivity index (χ0) is 9.68. The van der Waals surface area contributed by atoms with Crippen LogP contribution in [0, 0.1) is 0 Å². The molecule has 1 N–H and O–H groups in total. The van der Waals surface area contributed by atoms with Gasteiger partial charge in [0, 0.05) is 20.1 Å². The molecule has 0 saturated carbocycles. The summed E-state index contributed by atoms with van der Waals surface area (Å²) in [5.74, 6) is 0.0643. The lowest BCUT2D eigenvalue weighted by Gasteiger charge is -2.16. The number of nitrogens with one attached hydrogen (secondary N) is 1. The van der Waals surface area contributed by atoms with Crippen molar-refractivity contribution in [2.45, 2.75) is 19.4 Å². The second kappa shape index (κ2) is 5.19. The zero-order valence-corrected chi connectivity index (χ0v) is 8.38. The van der Waals surface area contributed by atoms with Crippen LogP contribution in [0.4, 0.5) is 0 Å². The molecule has 1 atom stereocenters. The first-order chi connectivity index (χ1) is 6.24. The van der Waals surface area contributed by atoms with Crippen molar-refractivity contribution >= 4 is 5.91 Å². The van der Waals surface area contributed by atoms with Gasteiger partial charge in [0.05, 0.1) is 6.10 Å². The Morgan fingerprint density at radius 2 is 2.46 bits per heavy atom. The number of hydrogen-bond donors (Lipinski definition) is 1. The molecule has 0 aromatic carbocycles. The van der Waals surface area contributed by atoms with E-state index in [9.17, 15) is 4.79 Å². The van der Waals surface area contributed by atoms with Gasteiger partial charge >= 0.3 is 0 Å². The van der Waals surface area contributed by atoms with Crippen LogP contribution < -0.4 is 5.32 Å². The predicted molar refractivity (Wildman–Crippen MR) is 50.5 cm³/mol. The smallest absolute Gasteiger partial charge is 0.248 e. The van der Waals surface area contributed by atoms with E-state index in [1.807, 2.05) is 6.92 Å². The van der Waals surface area contributed by atoms with Crippen LogP contribution in [0.5, 0.6) is 0 Å². The lowest BCUT2D eigenvalue weighted by Crippen LogP contribution is -2.32. The Bertz CT molecular complexity index is 167. The van der Waals surface area contributed by atoms with Crippen molar-refractivity contribution < 1.29 is 9.53 Å². The van der Waals surface area contributed by atoms with Gasteiger partial charge in [0.1, 0.15) is 6.61 Å². The minimum Gasteiger partial charge on any atom is -0.367 e. The molecule has 76 valence electrons. The van der Waals surface area contributed by atoms with Crippen LogP contribution >= 0.6 is 0 Å². The van der Waals surface area contributed by atoms with Crippen LogP contribution in [0.25, 0.3) is 0 Å². The Balaban J connectivity index is 2.13. The van der Waals surface area contributed by atoms with Crippen LogP contribution in [0.1, 0.15) is 13.3 Å². The molecule has 4 nitrogen and oxygen atoms in total. The molecule has 0 aromatic rings. The van der Waals surface area contributed by atoms with Crippen molar-refractivity contribution in [1.82, 2.24) is 10.2 Å².